The van der Waals surface area contributed by atoms with Crippen molar-refractivity contribution >= 4 is 0 Å². The molecule has 0 amide bonds. The predicted molar refractivity (Wildman–Crippen MR) is 71.2 cm³/mol. The molecule has 2 aliphatic heterocycles. The predicted octanol–water partition coefficient (Wildman–Crippen LogP) is 1.54. The van der Waals surface area contributed by atoms with E-state index in [0.717, 1.165) is 71.0 Å². The zero-order chi connectivity index (χ0) is 12.9. The molecule has 0 radical (unpaired) electrons. The molecule has 12 rings (SSSR count). The smallest absolute Gasteiger partial charge is 0.105 e. The van der Waals surface area contributed by atoms with Crippen molar-refractivity contribution in [3.8, 4) is 0 Å². The molecule has 12 fully saturated rings. The van der Waals surface area contributed by atoms with E-state index in [1.165, 1.54) is 24.7 Å². The molecule has 10 saturated carbocycles. The summed E-state index contributed by atoms with van der Waals surface area (Å²) in [6.07, 6.45) is 2.91. The van der Waals surface area contributed by atoms with Gasteiger partial charge in [-0.3, -0.25) is 0 Å². The van der Waals surface area contributed by atoms with Crippen LogP contribution in [0.5, 0.6) is 0 Å². The minimum absolute atomic E-state index is 0.419. The summed E-state index contributed by atoms with van der Waals surface area (Å²) in [6.45, 7) is 0. The van der Waals surface area contributed by atoms with Gasteiger partial charge in [-0.25, -0.2) is 0 Å². The maximum Gasteiger partial charge on any atom is 0.105 e. The second-order valence-corrected chi connectivity index (χ2v) is 11.9. The van der Waals surface area contributed by atoms with Crippen LogP contribution in [0.1, 0.15) is 12.8 Å². The maximum absolute atomic E-state index is 7.02. The van der Waals surface area contributed by atoms with Crippen molar-refractivity contribution in [3.05, 3.63) is 0 Å². The van der Waals surface area contributed by atoms with Crippen LogP contribution in [0.25, 0.3) is 0 Å². The lowest BCUT2D eigenvalue weighted by Crippen LogP contribution is -2.40. The fourth-order valence-corrected chi connectivity index (χ4v) is 15.0. The van der Waals surface area contributed by atoms with Crippen molar-refractivity contribution in [2.24, 2.45) is 82.9 Å². The minimum Gasteiger partial charge on any atom is -0.362 e. The van der Waals surface area contributed by atoms with Gasteiger partial charge >= 0.3 is 0 Å². The van der Waals surface area contributed by atoms with Crippen LogP contribution in [-0.4, -0.2) is 22.4 Å². The van der Waals surface area contributed by atoms with Gasteiger partial charge in [0.05, 0.1) is 0 Å². The molecule has 2 heteroatoms. The number of epoxide rings is 2. The van der Waals surface area contributed by atoms with Crippen molar-refractivity contribution in [2.45, 2.75) is 35.2 Å². The summed E-state index contributed by atoms with van der Waals surface area (Å²) < 4.78 is 14.0. The highest BCUT2D eigenvalue weighted by Crippen LogP contribution is 3.06. The average Bonchev–Trinajstić information content (AvgIpc) is 2.96. The quantitative estimate of drug-likeness (QED) is 0.632. The fourth-order valence-electron chi connectivity index (χ4n) is 15.0. The Balaban J connectivity index is 1.45. The molecule has 2 nitrogen and oxygen atoms in total. The van der Waals surface area contributed by atoms with E-state index < -0.39 is 0 Å². The molecule has 0 aromatic carbocycles. The van der Waals surface area contributed by atoms with Gasteiger partial charge in [0, 0.05) is 0 Å². The molecular formula is C20H18O2. The highest BCUT2D eigenvalue weighted by molar-refractivity contribution is 5.58. The zero-order valence-corrected chi connectivity index (χ0v) is 12.3. The van der Waals surface area contributed by atoms with Gasteiger partial charge in [0.2, 0.25) is 0 Å². The van der Waals surface area contributed by atoms with Crippen molar-refractivity contribution < 1.29 is 9.47 Å². The molecule has 4 spiro atoms. The van der Waals surface area contributed by atoms with Crippen LogP contribution in [0.2, 0.25) is 0 Å². The van der Waals surface area contributed by atoms with E-state index in [4.69, 9.17) is 9.47 Å². The normalized spacial score (nSPS) is 108. The minimum atomic E-state index is 0.419. The van der Waals surface area contributed by atoms with Crippen molar-refractivity contribution in [3.63, 3.8) is 0 Å². The van der Waals surface area contributed by atoms with Gasteiger partial charge in [0.1, 0.15) is 22.4 Å². The van der Waals surface area contributed by atoms with Crippen LogP contribution in [-0.2, 0) is 9.47 Å². The van der Waals surface area contributed by atoms with Crippen molar-refractivity contribution in [1.29, 1.82) is 0 Å². The van der Waals surface area contributed by atoms with E-state index in [9.17, 15) is 0 Å². The summed E-state index contributed by atoms with van der Waals surface area (Å²) in [7, 11) is 0. The fraction of sp³-hybridized carbons (Fsp3) is 1.00. The van der Waals surface area contributed by atoms with E-state index in [2.05, 4.69) is 0 Å². The number of hydrogen-bond acceptors (Lipinski definition) is 2. The number of ether oxygens (including phenoxy) is 2. The Bertz CT molecular complexity index is 794. The monoisotopic (exact) mass is 290 g/mol. The summed E-state index contributed by atoms with van der Waals surface area (Å²) in [6, 6.07) is 0. The molecule has 18 atom stereocenters. The Morgan fingerprint density at radius 2 is 1.00 bits per heavy atom. The molecule has 2 heterocycles. The molecule has 10 aliphatic carbocycles. The largest absolute Gasteiger partial charge is 0.362 e. The second-order valence-electron chi connectivity index (χ2n) is 11.9. The van der Waals surface area contributed by atoms with Crippen LogP contribution in [0.3, 0.4) is 0 Å². The Morgan fingerprint density at radius 1 is 0.500 bits per heavy atom. The molecule has 0 aromatic rings. The topological polar surface area (TPSA) is 25.1 Å². The molecular weight excluding hydrogens is 272 g/mol. The Morgan fingerprint density at radius 3 is 1.50 bits per heavy atom. The maximum atomic E-state index is 7.02. The lowest BCUT2D eigenvalue weighted by atomic mass is 9.70. The van der Waals surface area contributed by atoms with Crippen LogP contribution < -0.4 is 0 Å². The van der Waals surface area contributed by atoms with Gasteiger partial charge in [-0.15, -0.1) is 0 Å². The van der Waals surface area contributed by atoms with E-state index in [1.54, 1.807) is 0 Å². The first-order chi connectivity index (χ1) is 10.8. The zero-order valence-electron chi connectivity index (χ0n) is 12.3. The Hall–Kier alpha value is -0.0800. The first-order valence-corrected chi connectivity index (χ1v) is 10.2. The SMILES string of the molecule is C1[C@H]2[C@@H]3[C@H]4[C@H]5[C@H]6[C@H]7[C@@H]8[C@H]9[C@@H]6[C@@H]4[C@]24O[C@@]94C[C@H]8[C@]24O[C@]12[C@H]3[C@@H]5[C@@H]74. The lowest BCUT2D eigenvalue weighted by molar-refractivity contribution is 0.0783. The molecule has 0 aromatic heterocycles. The third-order valence-electron chi connectivity index (χ3n) is 13.5. The highest BCUT2D eigenvalue weighted by Gasteiger charge is 3.11. The molecule has 12 aliphatic rings. The summed E-state index contributed by atoms with van der Waals surface area (Å²) in [5.41, 5.74) is 1.69. The Kier molecular flexibility index (Phi) is 0.683. The molecule has 2 saturated heterocycles. The third-order valence-corrected chi connectivity index (χ3v) is 13.5. The standard InChI is InChI=1S/C20H18O2/c1-3-5-9-7-8-10-6-4(20-16(10)11(7)13(5)17(1,20)21-20)2-18-14(6)12(8)15(9)19(3,18)22-18/h3-16H,1-2H2/t3-,4+,5-,6-,7+,8-,9-,10+,11-,12-,13+,14-,15-,16-,17+,18+,19-,20-/m1/s1. The summed E-state index contributed by atoms with van der Waals surface area (Å²) in [5, 5.41) is 0. The summed E-state index contributed by atoms with van der Waals surface area (Å²) in [4.78, 5) is 0. The van der Waals surface area contributed by atoms with Gasteiger partial charge in [-0.1, -0.05) is 0 Å². The van der Waals surface area contributed by atoms with E-state index >= 15 is 0 Å². The first kappa shape index (κ1) is 8.85. The van der Waals surface area contributed by atoms with E-state index in [-0.39, 0.29) is 0 Å². The summed E-state index contributed by atoms with van der Waals surface area (Å²) in [5.74, 6) is 15.0. The van der Waals surface area contributed by atoms with Crippen molar-refractivity contribution in [2.75, 3.05) is 0 Å². The highest BCUT2D eigenvalue weighted by atomic mass is 16.7. The molecule has 22 heavy (non-hydrogen) atoms. The van der Waals surface area contributed by atoms with Gasteiger partial charge in [0.25, 0.3) is 0 Å². The van der Waals surface area contributed by atoms with Crippen LogP contribution in [0, 0.1) is 82.9 Å². The van der Waals surface area contributed by atoms with Crippen LogP contribution >= 0.6 is 0 Å². The lowest BCUT2D eigenvalue weighted by Gasteiger charge is -2.29. The van der Waals surface area contributed by atoms with Gasteiger partial charge in [-0.2, -0.15) is 0 Å². The first-order valence-electron chi connectivity index (χ1n) is 10.2. The molecule has 0 unspecified atom stereocenters. The molecule has 110 valence electrons. The number of hydrogen-bond donors (Lipinski definition) is 0. The van der Waals surface area contributed by atoms with E-state index in [1.807, 2.05) is 0 Å². The third kappa shape index (κ3) is 0.364. The van der Waals surface area contributed by atoms with Crippen LogP contribution in [0.15, 0.2) is 0 Å². The second kappa shape index (κ2) is 1.70. The molecule has 0 N–H and O–H groups in total. The number of rotatable bonds is 0. The molecule has 0 bridgehead atoms. The van der Waals surface area contributed by atoms with Gasteiger partial charge in [0.15, 0.2) is 0 Å². The van der Waals surface area contributed by atoms with Crippen LogP contribution in [0.4, 0.5) is 0 Å². The van der Waals surface area contributed by atoms with E-state index in [0.29, 0.717) is 22.4 Å². The van der Waals surface area contributed by atoms with Gasteiger partial charge < -0.3 is 9.47 Å². The van der Waals surface area contributed by atoms with Gasteiger partial charge in [-0.05, 0) is 95.7 Å². The van der Waals surface area contributed by atoms with Crippen molar-refractivity contribution in [1.82, 2.24) is 0 Å². The summed E-state index contributed by atoms with van der Waals surface area (Å²) >= 11 is 0. The average molecular weight is 290 g/mol. The Labute approximate surface area is 128 Å².